The zero-order valence-corrected chi connectivity index (χ0v) is 13.9. The number of pyridine rings is 1. The van der Waals surface area contributed by atoms with Crippen LogP contribution in [0.3, 0.4) is 0 Å². The molecular weight excluding hydrogens is 262 g/mol. The van der Waals surface area contributed by atoms with Crippen molar-refractivity contribution in [3.8, 4) is 0 Å². The number of nitrogens with one attached hydrogen (secondary N) is 1. The van der Waals surface area contributed by atoms with Gasteiger partial charge in [-0.15, -0.1) is 0 Å². The van der Waals surface area contributed by atoms with Gasteiger partial charge in [-0.3, -0.25) is 0 Å². The molecule has 1 aliphatic heterocycles. The Hall–Kier alpha value is -1.13. The number of methoxy groups -OCH3 is 1. The minimum atomic E-state index is 0.504. The van der Waals surface area contributed by atoms with Crippen LogP contribution < -0.4 is 10.2 Å². The molecule has 0 bridgehead atoms. The van der Waals surface area contributed by atoms with Gasteiger partial charge in [-0.05, 0) is 42.9 Å². The molecule has 1 fully saturated rings. The highest BCUT2D eigenvalue weighted by Gasteiger charge is 2.21. The number of ether oxygens (including phenoxy) is 1. The second kappa shape index (κ2) is 7.76. The minimum Gasteiger partial charge on any atom is -0.384 e. The van der Waals surface area contributed by atoms with E-state index in [1.807, 2.05) is 6.20 Å². The fourth-order valence-electron chi connectivity index (χ4n) is 2.92. The van der Waals surface area contributed by atoms with Crippen molar-refractivity contribution in [2.45, 2.75) is 46.2 Å². The summed E-state index contributed by atoms with van der Waals surface area (Å²) in [6.45, 7) is 10.5. The first kappa shape index (κ1) is 16.2. The Kier molecular flexibility index (Phi) is 6.00. The fraction of sp³-hybridized carbons (Fsp3) is 0.706. The summed E-state index contributed by atoms with van der Waals surface area (Å²) in [5, 5.41) is 3.44. The van der Waals surface area contributed by atoms with Crippen molar-refractivity contribution in [1.82, 2.24) is 10.3 Å². The van der Waals surface area contributed by atoms with E-state index in [-0.39, 0.29) is 0 Å². The summed E-state index contributed by atoms with van der Waals surface area (Å²) in [7, 11) is 1.79. The molecule has 1 aromatic rings. The van der Waals surface area contributed by atoms with Crippen LogP contribution in [-0.2, 0) is 11.3 Å². The molecule has 0 unspecified atom stereocenters. The molecule has 0 atom stereocenters. The van der Waals surface area contributed by atoms with Crippen LogP contribution in [0.2, 0.25) is 0 Å². The van der Waals surface area contributed by atoms with E-state index in [1.54, 1.807) is 7.11 Å². The molecule has 1 saturated heterocycles. The van der Waals surface area contributed by atoms with Crippen molar-refractivity contribution in [3.63, 3.8) is 0 Å². The third kappa shape index (κ3) is 4.68. The fourth-order valence-corrected chi connectivity index (χ4v) is 2.92. The highest BCUT2D eigenvalue weighted by molar-refractivity contribution is 5.47. The summed E-state index contributed by atoms with van der Waals surface area (Å²) in [5.74, 6) is 1.86. The molecule has 0 saturated carbocycles. The van der Waals surface area contributed by atoms with Gasteiger partial charge >= 0.3 is 0 Å². The lowest BCUT2D eigenvalue weighted by Gasteiger charge is -2.33. The van der Waals surface area contributed by atoms with E-state index in [2.05, 4.69) is 37.1 Å². The predicted molar refractivity (Wildman–Crippen MR) is 87.8 cm³/mol. The van der Waals surface area contributed by atoms with E-state index in [1.165, 1.54) is 24.0 Å². The summed E-state index contributed by atoms with van der Waals surface area (Å²) in [4.78, 5) is 7.12. The number of aromatic nitrogens is 1. The van der Waals surface area contributed by atoms with Crippen molar-refractivity contribution in [1.29, 1.82) is 0 Å². The maximum atomic E-state index is 5.27. The molecule has 21 heavy (non-hydrogen) atoms. The van der Waals surface area contributed by atoms with Crippen LogP contribution in [0, 0.1) is 12.8 Å². The molecule has 4 nitrogen and oxygen atoms in total. The first-order chi connectivity index (χ1) is 10.1. The topological polar surface area (TPSA) is 37.4 Å². The highest BCUT2D eigenvalue weighted by Crippen LogP contribution is 2.24. The van der Waals surface area contributed by atoms with Gasteiger partial charge in [0.2, 0.25) is 0 Å². The summed E-state index contributed by atoms with van der Waals surface area (Å²) in [5.41, 5.74) is 2.54. The molecule has 0 spiro atoms. The summed E-state index contributed by atoms with van der Waals surface area (Å²) < 4.78 is 5.27. The van der Waals surface area contributed by atoms with Crippen molar-refractivity contribution in [2.75, 3.05) is 31.7 Å². The van der Waals surface area contributed by atoms with Crippen molar-refractivity contribution in [3.05, 3.63) is 23.4 Å². The average Bonchev–Trinajstić information content (AvgIpc) is 2.47. The lowest BCUT2D eigenvalue weighted by atomic mass is 9.97. The van der Waals surface area contributed by atoms with Gasteiger partial charge in [0, 0.05) is 45.6 Å². The first-order valence-corrected chi connectivity index (χ1v) is 8.03. The monoisotopic (exact) mass is 291 g/mol. The number of aryl methyl sites for hydroxylation is 1. The van der Waals surface area contributed by atoms with E-state index >= 15 is 0 Å². The number of hydrogen-bond donors (Lipinski definition) is 1. The zero-order chi connectivity index (χ0) is 15.2. The van der Waals surface area contributed by atoms with Gasteiger partial charge in [0.15, 0.2) is 0 Å². The van der Waals surface area contributed by atoms with Gasteiger partial charge in [0.05, 0.1) is 0 Å². The van der Waals surface area contributed by atoms with Crippen LogP contribution in [0.15, 0.2) is 12.3 Å². The second-order valence-corrected chi connectivity index (χ2v) is 6.41. The smallest absolute Gasteiger partial charge is 0.131 e. The van der Waals surface area contributed by atoms with E-state index in [0.717, 1.165) is 32.1 Å². The molecule has 4 heteroatoms. The van der Waals surface area contributed by atoms with E-state index in [9.17, 15) is 0 Å². The summed E-state index contributed by atoms with van der Waals surface area (Å²) in [6.07, 6.45) is 4.41. The largest absolute Gasteiger partial charge is 0.384 e. The third-order valence-electron chi connectivity index (χ3n) is 4.14. The molecule has 2 rings (SSSR count). The Morgan fingerprint density at radius 3 is 2.67 bits per heavy atom. The highest BCUT2D eigenvalue weighted by atomic mass is 16.5. The number of hydrogen-bond acceptors (Lipinski definition) is 4. The summed E-state index contributed by atoms with van der Waals surface area (Å²) >= 11 is 0. The van der Waals surface area contributed by atoms with Gasteiger partial charge < -0.3 is 15.0 Å². The van der Waals surface area contributed by atoms with Gasteiger partial charge in [-0.1, -0.05) is 13.8 Å². The first-order valence-electron chi connectivity index (χ1n) is 8.03. The molecule has 118 valence electrons. The Bertz CT molecular complexity index is 440. The third-order valence-corrected chi connectivity index (χ3v) is 4.14. The standard InChI is InChI=1S/C17H29N3O/c1-13(2)18-10-16-9-14(3)17(19-11-16)20-7-5-15(6-8-20)12-21-4/h9,11,13,15,18H,5-8,10,12H2,1-4H3. The molecule has 0 aliphatic carbocycles. The molecule has 0 aromatic carbocycles. The predicted octanol–water partition coefficient (Wildman–Crippen LogP) is 2.75. The van der Waals surface area contributed by atoms with E-state index in [4.69, 9.17) is 9.72 Å². The quantitative estimate of drug-likeness (QED) is 0.874. The second-order valence-electron chi connectivity index (χ2n) is 6.41. The van der Waals surface area contributed by atoms with Crippen molar-refractivity contribution < 1.29 is 4.74 Å². The number of nitrogens with zero attached hydrogens (tertiary/aromatic N) is 2. The lowest BCUT2D eigenvalue weighted by molar-refractivity contribution is 0.139. The van der Waals surface area contributed by atoms with Crippen LogP contribution in [0.5, 0.6) is 0 Å². The normalized spacial score (nSPS) is 16.7. The van der Waals surface area contributed by atoms with Gasteiger partial charge in [-0.2, -0.15) is 0 Å². The van der Waals surface area contributed by atoms with Crippen LogP contribution in [-0.4, -0.2) is 37.8 Å². The number of anilines is 1. The SMILES string of the molecule is COCC1CCN(c2ncc(CNC(C)C)cc2C)CC1. The molecule has 1 aromatic heterocycles. The molecular formula is C17H29N3O. The molecule has 0 radical (unpaired) electrons. The van der Waals surface area contributed by atoms with Gasteiger partial charge in [-0.25, -0.2) is 4.98 Å². The zero-order valence-electron chi connectivity index (χ0n) is 13.9. The van der Waals surface area contributed by atoms with Crippen LogP contribution in [0.25, 0.3) is 0 Å². The lowest BCUT2D eigenvalue weighted by Crippen LogP contribution is -2.36. The van der Waals surface area contributed by atoms with E-state index in [0.29, 0.717) is 12.0 Å². The maximum absolute atomic E-state index is 5.27. The number of rotatable bonds is 6. The van der Waals surface area contributed by atoms with E-state index < -0.39 is 0 Å². The molecule has 1 aliphatic rings. The Morgan fingerprint density at radius 2 is 2.10 bits per heavy atom. The van der Waals surface area contributed by atoms with Gasteiger partial charge in [0.1, 0.15) is 5.82 Å². The molecule has 0 amide bonds. The van der Waals surface area contributed by atoms with Crippen LogP contribution in [0.1, 0.15) is 37.8 Å². The average molecular weight is 291 g/mol. The minimum absolute atomic E-state index is 0.504. The molecule has 2 heterocycles. The maximum Gasteiger partial charge on any atom is 0.131 e. The molecule has 1 N–H and O–H groups in total. The number of piperidine rings is 1. The summed E-state index contributed by atoms with van der Waals surface area (Å²) in [6, 6.07) is 2.77. The van der Waals surface area contributed by atoms with Crippen molar-refractivity contribution >= 4 is 5.82 Å². The van der Waals surface area contributed by atoms with Crippen LogP contribution in [0.4, 0.5) is 5.82 Å². The van der Waals surface area contributed by atoms with Gasteiger partial charge in [0.25, 0.3) is 0 Å². The van der Waals surface area contributed by atoms with Crippen LogP contribution >= 0.6 is 0 Å². The Morgan fingerprint density at radius 1 is 1.38 bits per heavy atom. The van der Waals surface area contributed by atoms with Crippen molar-refractivity contribution in [2.24, 2.45) is 5.92 Å². The Labute approximate surface area is 128 Å². The Balaban J connectivity index is 1.95.